The first kappa shape index (κ1) is 23.4. The van der Waals surface area contributed by atoms with Gasteiger partial charge in [0.2, 0.25) is 5.75 Å². The number of benzene rings is 1. The van der Waals surface area contributed by atoms with Crippen molar-refractivity contribution < 1.29 is 18.6 Å². The minimum atomic E-state index is 0.452. The number of ether oxygens (including phenoxy) is 3. The SMILES string of the molecule is COc1cc(/C=C\CC/C=C/C=C(\C)CCC(C)c2ccco2)cc(OC)c1OC. The monoisotopic (exact) mass is 410 g/mol. The van der Waals surface area contributed by atoms with Gasteiger partial charge in [0.25, 0.3) is 0 Å². The highest BCUT2D eigenvalue weighted by atomic mass is 16.5. The van der Waals surface area contributed by atoms with E-state index in [0.29, 0.717) is 23.2 Å². The van der Waals surface area contributed by atoms with Gasteiger partial charge in [-0.2, -0.15) is 0 Å². The Hall–Kier alpha value is -2.88. The van der Waals surface area contributed by atoms with Crippen LogP contribution in [0.25, 0.3) is 6.08 Å². The van der Waals surface area contributed by atoms with Crippen molar-refractivity contribution in [2.45, 2.75) is 45.4 Å². The van der Waals surface area contributed by atoms with Crippen molar-refractivity contribution in [1.29, 1.82) is 0 Å². The maximum Gasteiger partial charge on any atom is 0.203 e. The minimum Gasteiger partial charge on any atom is -0.493 e. The molecular weight excluding hydrogens is 376 g/mol. The summed E-state index contributed by atoms with van der Waals surface area (Å²) in [6.45, 7) is 4.39. The highest BCUT2D eigenvalue weighted by Crippen LogP contribution is 2.38. The minimum absolute atomic E-state index is 0.452. The molecule has 0 aliphatic heterocycles. The van der Waals surface area contributed by atoms with E-state index in [-0.39, 0.29) is 0 Å². The molecular formula is C26H34O4. The van der Waals surface area contributed by atoms with E-state index in [0.717, 1.165) is 37.0 Å². The van der Waals surface area contributed by atoms with Crippen molar-refractivity contribution in [2.24, 2.45) is 0 Å². The van der Waals surface area contributed by atoms with Crippen molar-refractivity contribution in [3.05, 3.63) is 71.7 Å². The van der Waals surface area contributed by atoms with Crippen molar-refractivity contribution in [3.63, 3.8) is 0 Å². The van der Waals surface area contributed by atoms with E-state index >= 15 is 0 Å². The lowest BCUT2D eigenvalue weighted by Gasteiger charge is -2.12. The van der Waals surface area contributed by atoms with E-state index < -0.39 is 0 Å². The highest BCUT2D eigenvalue weighted by molar-refractivity contribution is 5.62. The molecule has 162 valence electrons. The molecule has 0 radical (unpaired) electrons. The number of furan rings is 1. The molecule has 1 aromatic carbocycles. The number of rotatable bonds is 12. The predicted octanol–water partition coefficient (Wildman–Crippen LogP) is 7.19. The average molecular weight is 411 g/mol. The lowest BCUT2D eigenvalue weighted by atomic mass is 9.99. The van der Waals surface area contributed by atoms with Crippen LogP contribution in [0.4, 0.5) is 0 Å². The third kappa shape index (κ3) is 7.18. The van der Waals surface area contributed by atoms with Gasteiger partial charge in [0.05, 0.1) is 27.6 Å². The van der Waals surface area contributed by atoms with Crippen LogP contribution in [0.2, 0.25) is 0 Å². The number of methoxy groups -OCH3 is 3. The molecule has 2 rings (SSSR count). The van der Waals surface area contributed by atoms with Crippen LogP contribution in [0.1, 0.15) is 56.8 Å². The van der Waals surface area contributed by atoms with Crippen LogP contribution in [0.3, 0.4) is 0 Å². The Morgan fingerprint density at radius 1 is 1.03 bits per heavy atom. The van der Waals surface area contributed by atoms with Crippen molar-refractivity contribution >= 4 is 6.08 Å². The fourth-order valence-corrected chi connectivity index (χ4v) is 3.18. The lowest BCUT2D eigenvalue weighted by molar-refractivity contribution is 0.324. The third-order valence-electron chi connectivity index (χ3n) is 5.01. The van der Waals surface area contributed by atoms with Crippen LogP contribution in [0.15, 0.2) is 64.8 Å². The molecule has 0 aliphatic rings. The predicted molar refractivity (Wildman–Crippen MR) is 124 cm³/mol. The lowest BCUT2D eigenvalue weighted by Crippen LogP contribution is -1.95. The van der Waals surface area contributed by atoms with E-state index in [2.05, 4.69) is 50.3 Å². The van der Waals surface area contributed by atoms with E-state index in [4.69, 9.17) is 18.6 Å². The molecule has 1 unspecified atom stereocenters. The molecule has 4 nitrogen and oxygen atoms in total. The molecule has 1 heterocycles. The largest absolute Gasteiger partial charge is 0.493 e. The summed E-state index contributed by atoms with van der Waals surface area (Å²) in [7, 11) is 4.86. The van der Waals surface area contributed by atoms with Gasteiger partial charge >= 0.3 is 0 Å². The van der Waals surface area contributed by atoms with Gasteiger partial charge < -0.3 is 18.6 Å². The smallest absolute Gasteiger partial charge is 0.203 e. The topological polar surface area (TPSA) is 40.8 Å². The molecule has 1 atom stereocenters. The molecule has 2 aromatic rings. The summed E-state index contributed by atoms with van der Waals surface area (Å²) in [5.74, 6) is 3.46. The van der Waals surface area contributed by atoms with Gasteiger partial charge in [-0.15, -0.1) is 0 Å². The van der Waals surface area contributed by atoms with Crippen LogP contribution >= 0.6 is 0 Å². The van der Waals surface area contributed by atoms with Crippen LogP contribution < -0.4 is 14.2 Å². The second-order valence-electron chi connectivity index (χ2n) is 7.33. The van der Waals surface area contributed by atoms with Gasteiger partial charge in [-0.1, -0.05) is 42.9 Å². The molecule has 0 N–H and O–H groups in total. The summed E-state index contributed by atoms with van der Waals surface area (Å²) in [4.78, 5) is 0. The first-order chi connectivity index (χ1) is 14.6. The second-order valence-corrected chi connectivity index (χ2v) is 7.33. The number of hydrogen-bond donors (Lipinski definition) is 0. The van der Waals surface area contributed by atoms with Gasteiger partial charge in [-0.25, -0.2) is 0 Å². The van der Waals surface area contributed by atoms with Gasteiger partial charge in [-0.3, -0.25) is 0 Å². The van der Waals surface area contributed by atoms with Gasteiger partial charge in [-0.05, 0) is 62.4 Å². The fourth-order valence-electron chi connectivity index (χ4n) is 3.18. The second kappa shape index (κ2) is 12.6. The Morgan fingerprint density at radius 3 is 2.33 bits per heavy atom. The van der Waals surface area contributed by atoms with E-state index in [1.165, 1.54) is 5.57 Å². The zero-order chi connectivity index (χ0) is 21.8. The molecule has 0 saturated carbocycles. The summed E-state index contributed by atoms with van der Waals surface area (Å²) in [6, 6.07) is 7.90. The molecule has 0 spiro atoms. The quantitative estimate of drug-likeness (QED) is 0.274. The van der Waals surface area contributed by atoms with Crippen molar-refractivity contribution in [1.82, 2.24) is 0 Å². The zero-order valence-corrected chi connectivity index (χ0v) is 18.8. The Morgan fingerprint density at radius 2 is 1.73 bits per heavy atom. The summed E-state index contributed by atoms with van der Waals surface area (Å²) in [5, 5.41) is 0. The molecule has 30 heavy (non-hydrogen) atoms. The molecule has 0 aliphatic carbocycles. The molecule has 0 saturated heterocycles. The van der Waals surface area contributed by atoms with Gasteiger partial charge in [0.1, 0.15) is 5.76 Å². The highest BCUT2D eigenvalue weighted by Gasteiger charge is 2.11. The van der Waals surface area contributed by atoms with Crippen molar-refractivity contribution in [3.8, 4) is 17.2 Å². The van der Waals surface area contributed by atoms with Crippen LogP contribution in [0, 0.1) is 0 Å². The van der Waals surface area contributed by atoms with Crippen LogP contribution in [-0.4, -0.2) is 21.3 Å². The first-order valence-electron chi connectivity index (χ1n) is 10.4. The Labute approximate surface area is 180 Å². The Kier molecular flexibility index (Phi) is 9.85. The number of hydrogen-bond acceptors (Lipinski definition) is 4. The summed E-state index contributed by atoms with van der Waals surface area (Å²) in [5.41, 5.74) is 2.41. The Bertz CT molecular complexity index is 819. The van der Waals surface area contributed by atoms with E-state index in [9.17, 15) is 0 Å². The standard InChI is InChI=1S/C26H34O4/c1-20(15-16-21(2)23-14-11-17-30-23)12-9-7-6-8-10-13-22-18-24(27-3)26(29-5)25(19-22)28-4/h7,9-14,17-19,21H,6,8,15-16H2,1-5H3/b9-7+,13-10-,20-12+. The summed E-state index contributed by atoms with van der Waals surface area (Å²) in [6.07, 6.45) is 16.7. The molecule has 4 heteroatoms. The zero-order valence-electron chi connectivity index (χ0n) is 18.8. The van der Waals surface area contributed by atoms with E-state index in [1.54, 1.807) is 27.6 Å². The van der Waals surface area contributed by atoms with Crippen LogP contribution in [0.5, 0.6) is 17.2 Å². The number of unbranched alkanes of at least 4 members (excludes halogenated alkanes) is 1. The molecule has 0 bridgehead atoms. The molecule has 0 amide bonds. The molecule has 0 fully saturated rings. The van der Waals surface area contributed by atoms with E-state index in [1.807, 2.05) is 18.2 Å². The Balaban J connectivity index is 1.78. The molecule has 1 aromatic heterocycles. The summed E-state index contributed by atoms with van der Waals surface area (Å²) < 4.78 is 21.6. The average Bonchev–Trinajstić information content (AvgIpc) is 3.31. The van der Waals surface area contributed by atoms with Gasteiger partial charge in [0.15, 0.2) is 11.5 Å². The van der Waals surface area contributed by atoms with Crippen molar-refractivity contribution in [2.75, 3.05) is 21.3 Å². The first-order valence-corrected chi connectivity index (χ1v) is 10.4. The maximum atomic E-state index is 5.47. The van der Waals surface area contributed by atoms with Gasteiger partial charge in [0, 0.05) is 5.92 Å². The normalized spacial score (nSPS) is 13.2. The number of allylic oxidation sites excluding steroid dienone is 5. The summed E-state index contributed by atoms with van der Waals surface area (Å²) >= 11 is 0. The third-order valence-corrected chi connectivity index (χ3v) is 5.01. The maximum absolute atomic E-state index is 5.47. The van der Waals surface area contributed by atoms with Crippen LogP contribution in [-0.2, 0) is 0 Å². The fraction of sp³-hybridized carbons (Fsp3) is 0.385.